The third-order valence-electron chi connectivity index (χ3n) is 2.67. The van der Waals surface area contributed by atoms with Crippen molar-refractivity contribution < 1.29 is 9.50 Å². The van der Waals surface area contributed by atoms with Crippen molar-refractivity contribution in [2.75, 3.05) is 0 Å². The van der Waals surface area contributed by atoms with Gasteiger partial charge in [0.05, 0.1) is 16.0 Å². The molecule has 0 radical (unpaired) electrons. The summed E-state index contributed by atoms with van der Waals surface area (Å²) in [7, 11) is 0. The Kier molecular flexibility index (Phi) is 3.82. The van der Waals surface area contributed by atoms with E-state index in [0.29, 0.717) is 11.4 Å². The van der Waals surface area contributed by atoms with E-state index >= 15 is 0 Å². The lowest BCUT2D eigenvalue weighted by Gasteiger charge is -2.11. The monoisotopic (exact) mass is 270 g/mol. The van der Waals surface area contributed by atoms with Crippen molar-refractivity contribution in [2.45, 2.75) is 19.4 Å². The van der Waals surface area contributed by atoms with Crippen LogP contribution in [0.5, 0.6) is 0 Å². The smallest absolute Gasteiger partial charge is 0.123 e. The third-order valence-corrected chi connectivity index (χ3v) is 4.13. The number of thiophene rings is 1. The average molecular weight is 271 g/mol. The Morgan fingerprint density at radius 3 is 2.82 bits per heavy atom. The second-order valence-corrected chi connectivity index (χ2v) is 5.28. The van der Waals surface area contributed by atoms with Crippen molar-refractivity contribution in [3.05, 3.63) is 56.5 Å². The molecule has 1 heterocycles. The van der Waals surface area contributed by atoms with Gasteiger partial charge in [-0.05, 0) is 41.6 Å². The molecule has 1 aromatic heterocycles. The van der Waals surface area contributed by atoms with Gasteiger partial charge in [0.15, 0.2) is 0 Å². The van der Waals surface area contributed by atoms with Crippen molar-refractivity contribution in [3.8, 4) is 0 Å². The second kappa shape index (κ2) is 5.17. The molecule has 1 nitrogen and oxygen atoms in total. The molecule has 2 aromatic rings. The predicted molar refractivity (Wildman–Crippen MR) is 69.1 cm³/mol. The molecule has 1 aromatic carbocycles. The van der Waals surface area contributed by atoms with Gasteiger partial charge in [-0.25, -0.2) is 4.39 Å². The molecule has 0 spiro atoms. The Bertz CT molecular complexity index is 524. The van der Waals surface area contributed by atoms with Crippen LogP contribution in [0.15, 0.2) is 29.6 Å². The normalized spacial score (nSPS) is 12.7. The zero-order valence-corrected chi connectivity index (χ0v) is 10.9. The number of benzene rings is 1. The standard InChI is InChI=1S/C13H12ClFOS/c1-8-2-3-10(15)6-9(8)7-12(16)13-11(14)4-5-17-13/h2-6,12,16H,7H2,1H3. The summed E-state index contributed by atoms with van der Waals surface area (Å²) >= 11 is 7.36. The van der Waals surface area contributed by atoms with Crippen molar-refractivity contribution in [1.29, 1.82) is 0 Å². The molecule has 2 rings (SSSR count). The van der Waals surface area contributed by atoms with Crippen LogP contribution in [0.1, 0.15) is 22.1 Å². The lowest BCUT2D eigenvalue weighted by Crippen LogP contribution is -2.02. The highest BCUT2D eigenvalue weighted by Crippen LogP contribution is 2.31. The lowest BCUT2D eigenvalue weighted by atomic mass is 10.0. The van der Waals surface area contributed by atoms with E-state index in [1.807, 2.05) is 12.3 Å². The second-order valence-electron chi connectivity index (χ2n) is 3.92. The fourth-order valence-electron chi connectivity index (χ4n) is 1.70. The highest BCUT2D eigenvalue weighted by Gasteiger charge is 2.15. The highest BCUT2D eigenvalue weighted by molar-refractivity contribution is 7.10. The molecule has 1 atom stereocenters. The van der Waals surface area contributed by atoms with Crippen LogP contribution in [0.2, 0.25) is 5.02 Å². The van der Waals surface area contributed by atoms with E-state index in [-0.39, 0.29) is 5.82 Å². The molecule has 90 valence electrons. The van der Waals surface area contributed by atoms with E-state index in [0.717, 1.165) is 16.0 Å². The molecule has 0 aliphatic rings. The molecule has 0 aliphatic carbocycles. The van der Waals surface area contributed by atoms with Gasteiger partial charge in [-0.1, -0.05) is 17.7 Å². The molecule has 4 heteroatoms. The quantitative estimate of drug-likeness (QED) is 0.889. The summed E-state index contributed by atoms with van der Waals surface area (Å²) in [5.41, 5.74) is 1.78. The molecule has 0 amide bonds. The minimum atomic E-state index is -0.678. The molecular formula is C13H12ClFOS. The van der Waals surface area contributed by atoms with Crippen LogP contribution in [0.25, 0.3) is 0 Å². The molecule has 1 N–H and O–H groups in total. The lowest BCUT2D eigenvalue weighted by molar-refractivity contribution is 0.182. The van der Waals surface area contributed by atoms with Crippen molar-refractivity contribution >= 4 is 22.9 Å². The Labute approximate surface area is 108 Å². The van der Waals surface area contributed by atoms with E-state index < -0.39 is 6.10 Å². The van der Waals surface area contributed by atoms with E-state index in [1.54, 1.807) is 12.1 Å². The van der Waals surface area contributed by atoms with Crippen LogP contribution in [0.4, 0.5) is 4.39 Å². The number of hydrogen-bond donors (Lipinski definition) is 1. The number of hydrogen-bond acceptors (Lipinski definition) is 2. The summed E-state index contributed by atoms with van der Waals surface area (Å²) in [6.45, 7) is 1.90. The molecular weight excluding hydrogens is 259 g/mol. The summed E-state index contributed by atoms with van der Waals surface area (Å²) in [6, 6.07) is 6.35. The highest BCUT2D eigenvalue weighted by atomic mass is 35.5. The van der Waals surface area contributed by atoms with Gasteiger partial charge in [-0.15, -0.1) is 11.3 Å². The third kappa shape index (κ3) is 2.86. The van der Waals surface area contributed by atoms with Gasteiger partial charge in [0.25, 0.3) is 0 Å². The molecule has 0 saturated heterocycles. The van der Waals surface area contributed by atoms with Gasteiger partial charge in [-0.2, -0.15) is 0 Å². The first-order valence-electron chi connectivity index (χ1n) is 5.24. The fourth-order valence-corrected chi connectivity index (χ4v) is 2.87. The van der Waals surface area contributed by atoms with Crippen LogP contribution in [-0.2, 0) is 6.42 Å². The van der Waals surface area contributed by atoms with Crippen LogP contribution >= 0.6 is 22.9 Å². The zero-order valence-electron chi connectivity index (χ0n) is 9.28. The van der Waals surface area contributed by atoms with E-state index in [4.69, 9.17) is 11.6 Å². The van der Waals surface area contributed by atoms with Gasteiger partial charge >= 0.3 is 0 Å². The van der Waals surface area contributed by atoms with E-state index in [9.17, 15) is 9.50 Å². The maximum Gasteiger partial charge on any atom is 0.123 e. The first-order chi connectivity index (χ1) is 8.08. The maximum absolute atomic E-state index is 13.1. The van der Waals surface area contributed by atoms with E-state index in [1.165, 1.54) is 23.5 Å². The van der Waals surface area contributed by atoms with Crippen LogP contribution in [0, 0.1) is 12.7 Å². The molecule has 0 aliphatic heterocycles. The van der Waals surface area contributed by atoms with Crippen LogP contribution in [-0.4, -0.2) is 5.11 Å². The molecule has 17 heavy (non-hydrogen) atoms. The van der Waals surface area contributed by atoms with Crippen molar-refractivity contribution in [3.63, 3.8) is 0 Å². The Hall–Kier alpha value is -0.900. The molecule has 0 saturated carbocycles. The Morgan fingerprint density at radius 2 is 2.18 bits per heavy atom. The van der Waals surface area contributed by atoms with Crippen molar-refractivity contribution in [1.82, 2.24) is 0 Å². The van der Waals surface area contributed by atoms with Gasteiger partial charge < -0.3 is 5.11 Å². The number of aliphatic hydroxyl groups excluding tert-OH is 1. The van der Waals surface area contributed by atoms with Crippen LogP contribution in [0.3, 0.4) is 0 Å². The van der Waals surface area contributed by atoms with Gasteiger partial charge in [0.1, 0.15) is 5.82 Å². The fraction of sp³-hybridized carbons (Fsp3) is 0.231. The number of aryl methyl sites for hydroxylation is 1. The molecule has 0 fully saturated rings. The average Bonchev–Trinajstić information content (AvgIpc) is 2.70. The van der Waals surface area contributed by atoms with Crippen LogP contribution < -0.4 is 0 Å². The van der Waals surface area contributed by atoms with Crippen molar-refractivity contribution in [2.24, 2.45) is 0 Å². The maximum atomic E-state index is 13.1. The SMILES string of the molecule is Cc1ccc(F)cc1CC(O)c1sccc1Cl. The van der Waals surface area contributed by atoms with E-state index in [2.05, 4.69) is 0 Å². The number of aliphatic hydroxyl groups is 1. The Balaban J connectivity index is 2.21. The summed E-state index contributed by atoms with van der Waals surface area (Å²) in [6.07, 6.45) is -0.299. The zero-order chi connectivity index (χ0) is 12.4. The number of halogens is 2. The van der Waals surface area contributed by atoms with Gasteiger partial charge in [0, 0.05) is 6.42 Å². The summed E-state index contributed by atoms with van der Waals surface area (Å²) in [4.78, 5) is 0.732. The molecule has 1 unspecified atom stereocenters. The summed E-state index contributed by atoms with van der Waals surface area (Å²) in [5.74, 6) is -0.282. The predicted octanol–water partition coefficient (Wildman–Crippen LogP) is 4.13. The minimum Gasteiger partial charge on any atom is -0.387 e. The first kappa shape index (κ1) is 12.6. The minimum absolute atomic E-state index is 0.282. The first-order valence-corrected chi connectivity index (χ1v) is 6.49. The van der Waals surface area contributed by atoms with Gasteiger partial charge in [-0.3, -0.25) is 0 Å². The number of rotatable bonds is 3. The summed E-state index contributed by atoms with van der Waals surface area (Å²) in [5, 5.41) is 12.5. The Morgan fingerprint density at radius 1 is 1.41 bits per heavy atom. The molecule has 0 bridgehead atoms. The summed E-state index contributed by atoms with van der Waals surface area (Å²) < 4.78 is 13.1. The largest absolute Gasteiger partial charge is 0.387 e. The topological polar surface area (TPSA) is 20.2 Å². The van der Waals surface area contributed by atoms with Gasteiger partial charge in [0.2, 0.25) is 0 Å².